The first-order valence-electron chi connectivity index (χ1n) is 4.10. The third kappa shape index (κ3) is 1.73. The van der Waals surface area contributed by atoms with E-state index in [9.17, 15) is 4.79 Å². The van der Waals surface area contributed by atoms with Gasteiger partial charge in [-0.2, -0.15) is 5.26 Å². The minimum absolute atomic E-state index is 0.0347. The van der Waals surface area contributed by atoms with Crippen LogP contribution >= 0.6 is 0 Å². The standard InChI is InChI=1S/C10H10N2O2/c1-10(2,3)8-5-14-9(12-6-13)7(8)4-11/h5H,1-3H3. The Morgan fingerprint density at radius 2 is 2.14 bits per heavy atom. The largest absolute Gasteiger partial charge is 0.445 e. The fourth-order valence-electron chi connectivity index (χ4n) is 1.13. The number of hydrogen-bond donors (Lipinski definition) is 0. The van der Waals surface area contributed by atoms with Crippen molar-refractivity contribution in [3.05, 3.63) is 17.4 Å². The van der Waals surface area contributed by atoms with Crippen LogP contribution in [0.4, 0.5) is 5.88 Å². The molecule has 1 heterocycles. The summed E-state index contributed by atoms with van der Waals surface area (Å²) in [6.45, 7) is 5.85. The highest BCUT2D eigenvalue weighted by atomic mass is 16.3. The smallest absolute Gasteiger partial charge is 0.248 e. The number of aliphatic imine (C=N–C) groups is 1. The summed E-state index contributed by atoms with van der Waals surface area (Å²) in [5, 5.41) is 8.88. The number of furan rings is 1. The van der Waals surface area contributed by atoms with Gasteiger partial charge in [-0.15, -0.1) is 4.99 Å². The van der Waals surface area contributed by atoms with E-state index in [1.54, 1.807) is 0 Å². The van der Waals surface area contributed by atoms with E-state index in [-0.39, 0.29) is 11.3 Å². The molecular weight excluding hydrogens is 180 g/mol. The lowest BCUT2D eigenvalue weighted by atomic mass is 9.86. The number of carbonyl (C=O) groups excluding carboxylic acids is 1. The van der Waals surface area contributed by atoms with Crippen LogP contribution in [-0.4, -0.2) is 6.08 Å². The molecule has 0 saturated carbocycles. The Morgan fingerprint density at radius 3 is 2.57 bits per heavy atom. The van der Waals surface area contributed by atoms with Crippen LogP contribution < -0.4 is 0 Å². The fourth-order valence-corrected chi connectivity index (χ4v) is 1.13. The second-order valence-corrected chi connectivity index (χ2v) is 3.89. The normalized spacial score (nSPS) is 10.4. The van der Waals surface area contributed by atoms with Gasteiger partial charge in [0.05, 0.1) is 6.26 Å². The molecule has 1 rings (SSSR count). The molecule has 0 aromatic carbocycles. The Balaban J connectivity index is 3.37. The van der Waals surface area contributed by atoms with Crippen molar-refractivity contribution in [2.75, 3.05) is 0 Å². The Labute approximate surface area is 81.9 Å². The first-order valence-corrected chi connectivity index (χ1v) is 4.10. The van der Waals surface area contributed by atoms with Gasteiger partial charge in [0.15, 0.2) is 0 Å². The molecule has 0 unspecified atom stereocenters. The van der Waals surface area contributed by atoms with Crippen LogP contribution in [0, 0.1) is 11.3 Å². The van der Waals surface area contributed by atoms with Crippen molar-refractivity contribution in [2.24, 2.45) is 4.99 Å². The fraction of sp³-hybridized carbons (Fsp3) is 0.400. The van der Waals surface area contributed by atoms with Crippen LogP contribution in [0.5, 0.6) is 0 Å². The van der Waals surface area contributed by atoms with E-state index in [2.05, 4.69) is 4.99 Å². The number of rotatable bonds is 1. The maximum Gasteiger partial charge on any atom is 0.248 e. The van der Waals surface area contributed by atoms with E-state index in [1.807, 2.05) is 26.8 Å². The molecule has 0 N–H and O–H groups in total. The molecule has 0 aliphatic rings. The van der Waals surface area contributed by atoms with E-state index in [4.69, 9.17) is 9.68 Å². The SMILES string of the molecule is CC(C)(C)c1coc(N=C=O)c1C#N. The van der Waals surface area contributed by atoms with Crippen molar-refractivity contribution >= 4 is 12.0 Å². The lowest BCUT2D eigenvalue weighted by Gasteiger charge is -2.15. The molecular formula is C10H10N2O2. The predicted octanol–water partition coefficient (Wildman–Crippen LogP) is 2.42. The highest BCUT2D eigenvalue weighted by Gasteiger charge is 2.23. The molecule has 4 heteroatoms. The first kappa shape index (κ1) is 10.2. The summed E-state index contributed by atoms with van der Waals surface area (Å²) in [4.78, 5) is 13.4. The quantitative estimate of drug-likeness (QED) is 0.504. The van der Waals surface area contributed by atoms with Crippen LogP contribution in [0.2, 0.25) is 0 Å². The van der Waals surface area contributed by atoms with Crippen LogP contribution in [0.15, 0.2) is 15.7 Å². The van der Waals surface area contributed by atoms with E-state index in [0.717, 1.165) is 5.56 Å². The summed E-state index contributed by atoms with van der Waals surface area (Å²) in [5.74, 6) is 0.0347. The molecule has 0 saturated heterocycles. The Kier molecular flexibility index (Phi) is 2.55. The monoisotopic (exact) mass is 190 g/mol. The second-order valence-electron chi connectivity index (χ2n) is 3.89. The Morgan fingerprint density at radius 1 is 1.50 bits per heavy atom. The third-order valence-electron chi connectivity index (χ3n) is 1.84. The third-order valence-corrected chi connectivity index (χ3v) is 1.84. The van der Waals surface area contributed by atoms with Gasteiger partial charge >= 0.3 is 0 Å². The van der Waals surface area contributed by atoms with Crippen molar-refractivity contribution in [3.63, 3.8) is 0 Å². The Bertz CT molecular complexity index is 426. The topological polar surface area (TPSA) is 66.4 Å². The summed E-state index contributed by atoms with van der Waals surface area (Å²) in [6.07, 6.45) is 2.81. The van der Waals surface area contributed by atoms with Gasteiger partial charge in [-0.25, -0.2) is 4.79 Å². The zero-order valence-corrected chi connectivity index (χ0v) is 8.29. The number of hydrogen-bond acceptors (Lipinski definition) is 4. The van der Waals surface area contributed by atoms with Gasteiger partial charge in [0.25, 0.3) is 0 Å². The van der Waals surface area contributed by atoms with Crippen molar-refractivity contribution < 1.29 is 9.21 Å². The average Bonchev–Trinajstić information content (AvgIpc) is 2.47. The van der Waals surface area contributed by atoms with E-state index >= 15 is 0 Å². The first-order chi connectivity index (χ1) is 6.50. The molecule has 72 valence electrons. The minimum atomic E-state index is -0.203. The predicted molar refractivity (Wildman–Crippen MR) is 49.9 cm³/mol. The maximum absolute atomic E-state index is 10.0. The van der Waals surface area contributed by atoms with Gasteiger partial charge in [-0.3, -0.25) is 0 Å². The average molecular weight is 190 g/mol. The number of isocyanates is 1. The summed E-state index contributed by atoms with van der Waals surface area (Å²) < 4.78 is 5.00. The number of nitrogens with zero attached hydrogens (tertiary/aromatic N) is 2. The lowest BCUT2D eigenvalue weighted by molar-refractivity contribution is 0.538. The molecule has 1 aromatic heterocycles. The summed E-state index contributed by atoms with van der Waals surface area (Å²) in [5.41, 5.74) is 0.848. The molecule has 4 nitrogen and oxygen atoms in total. The van der Waals surface area contributed by atoms with Gasteiger partial charge in [0.2, 0.25) is 12.0 Å². The molecule has 0 amide bonds. The number of nitriles is 1. The van der Waals surface area contributed by atoms with Crippen molar-refractivity contribution in [1.29, 1.82) is 5.26 Å². The van der Waals surface area contributed by atoms with Crippen molar-refractivity contribution in [3.8, 4) is 6.07 Å². The molecule has 1 aromatic rings. The lowest BCUT2D eigenvalue weighted by Crippen LogP contribution is -2.11. The van der Waals surface area contributed by atoms with Crippen LogP contribution in [0.3, 0.4) is 0 Å². The summed E-state index contributed by atoms with van der Waals surface area (Å²) in [7, 11) is 0. The molecule has 0 bridgehead atoms. The van der Waals surface area contributed by atoms with E-state index < -0.39 is 0 Å². The van der Waals surface area contributed by atoms with Crippen molar-refractivity contribution in [1.82, 2.24) is 0 Å². The second kappa shape index (κ2) is 3.49. The zero-order valence-electron chi connectivity index (χ0n) is 8.29. The van der Waals surface area contributed by atoms with Crippen LogP contribution in [0.1, 0.15) is 31.9 Å². The molecule has 0 radical (unpaired) electrons. The summed E-state index contributed by atoms with van der Waals surface area (Å²) >= 11 is 0. The molecule has 0 aliphatic carbocycles. The molecule has 0 atom stereocenters. The maximum atomic E-state index is 10.0. The zero-order chi connectivity index (χ0) is 10.8. The Hall–Kier alpha value is -1.85. The summed E-state index contributed by atoms with van der Waals surface area (Å²) in [6, 6.07) is 1.97. The molecule has 0 aliphatic heterocycles. The van der Waals surface area contributed by atoms with Gasteiger partial charge in [0.1, 0.15) is 11.6 Å². The van der Waals surface area contributed by atoms with Crippen LogP contribution in [-0.2, 0) is 10.2 Å². The highest BCUT2D eigenvalue weighted by Crippen LogP contribution is 2.32. The molecule has 0 spiro atoms. The highest BCUT2D eigenvalue weighted by molar-refractivity contribution is 5.57. The molecule has 0 fully saturated rings. The van der Waals surface area contributed by atoms with Crippen LogP contribution in [0.25, 0.3) is 0 Å². The molecule has 14 heavy (non-hydrogen) atoms. The van der Waals surface area contributed by atoms with Gasteiger partial charge < -0.3 is 4.42 Å². The van der Waals surface area contributed by atoms with E-state index in [1.165, 1.54) is 12.3 Å². The van der Waals surface area contributed by atoms with E-state index in [0.29, 0.717) is 5.56 Å². The van der Waals surface area contributed by atoms with Gasteiger partial charge in [-0.1, -0.05) is 20.8 Å². The van der Waals surface area contributed by atoms with Gasteiger partial charge in [0, 0.05) is 5.56 Å². The van der Waals surface area contributed by atoms with Gasteiger partial charge in [-0.05, 0) is 5.41 Å². The minimum Gasteiger partial charge on any atom is -0.445 e. The van der Waals surface area contributed by atoms with Crippen molar-refractivity contribution in [2.45, 2.75) is 26.2 Å².